The molecule has 6 aliphatic heterocycles. The van der Waals surface area contributed by atoms with Crippen LogP contribution in [0.25, 0.3) is 44.6 Å². The fourth-order valence-electron chi connectivity index (χ4n) is 12.1. The number of carbonyl (C=O) groups is 5. The fraction of sp³-hybridized carbons (Fsp3) is 0.441. The Morgan fingerprint density at radius 2 is 1.23 bits per heavy atom. The van der Waals surface area contributed by atoms with Gasteiger partial charge in [-0.1, -0.05) is 27.2 Å². The molecule has 2 aromatic carbocycles. The Morgan fingerprint density at radius 3 is 1.74 bits per heavy atom. The van der Waals surface area contributed by atoms with Crippen molar-refractivity contribution >= 4 is 51.9 Å². The Kier molecular flexibility index (Phi) is 19.5. The van der Waals surface area contributed by atoms with Crippen LogP contribution in [0, 0.1) is 0 Å². The molecule has 5 amide bonds. The molecule has 0 aliphatic carbocycles. The predicted molar refractivity (Wildman–Crippen MR) is 315 cm³/mol. The first-order valence-electron chi connectivity index (χ1n) is 28.4. The molecular weight excluding hydrogens is 1110 g/mol. The van der Waals surface area contributed by atoms with E-state index in [4.69, 9.17) is 34.2 Å². The maximum absolute atomic E-state index is 13.6. The van der Waals surface area contributed by atoms with Crippen molar-refractivity contribution in [2.75, 3.05) is 47.3 Å². The summed E-state index contributed by atoms with van der Waals surface area (Å²) in [5, 5.41) is 41.6. The normalized spacial score (nSPS) is 18.9. The summed E-state index contributed by atoms with van der Waals surface area (Å²) in [5.41, 5.74) is 20.6. The van der Waals surface area contributed by atoms with Crippen molar-refractivity contribution < 1.29 is 58.7 Å². The van der Waals surface area contributed by atoms with E-state index in [2.05, 4.69) is 40.3 Å². The smallest absolute Gasteiger partial charge is 0.415 e. The zero-order valence-corrected chi connectivity index (χ0v) is 49.0. The van der Waals surface area contributed by atoms with Crippen LogP contribution in [0.15, 0.2) is 58.1 Å². The number of hydroxylamine groups is 1. The van der Waals surface area contributed by atoms with Gasteiger partial charge in [0.05, 0.1) is 58.0 Å². The van der Waals surface area contributed by atoms with Crippen molar-refractivity contribution in [1.82, 2.24) is 44.7 Å². The topological polar surface area (TPSA) is 402 Å². The number of hydrogen-bond acceptors (Lipinski definition) is 20. The molecule has 86 heavy (non-hydrogen) atoms. The predicted octanol–water partition coefficient (Wildman–Crippen LogP) is 3.09. The maximum atomic E-state index is 13.6. The number of aliphatic hydroxyl groups is 2. The second-order valence-electron chi connectivity index (χ2n) is 21.9. The average Bonchev–Trinajstić information content (AvgIpc) is 1.53. The molecule has 0 radical (unpaired) electrons. The summed E-state index contributed by atoms with van der Waals surface area (Å²) < 4.78 is 19.4. The number of cyclic esters (lactones) is 2. The highest BCUT2D eigenvalue weighted by molar-refractivity contribution is 5.92. The van der Waals surface area contributed by atoms with Crippen LogP contribution in [-0.2, 0) is 69.5 Å². The second kappa shape index (κ2) is 26.4. The Balaban J connectivity index is 0.000000195. The molecule has 14 N–H and O–H groups in total. The van der Waals surface area contributed by atoms with Crippen LogP contribution in [0.4, 0.5) is 14.4 Å². The number of nitrogens with two attached hydrogens (primary N) is 4. The third-order valence-electron chi connectivity index (χ3n) is 16.3. The minimum absolute atomic E-state index is 0.0951. The molecule has 0 saturated carbocycles. The third-order valence-corrected chi connectivity index (χ3v) is 16.3. The van der Waals surface area contributed by atoms with E-state index < -0.39 is 35.2 Å². The lowest BCUT2D eigenvalue weighted by Crippen LogP contribution is -2.48. The SMILES string of the molecule is CC[C@@]1(O)C(=O)OCc2c1cc1n(c2=O)Cc2cc3c(CN(C)C)c(O)ccc3nc2-1.CCc1c2c(nc3ccc(OC(=O)N4CCC(N5CCCCC5)CC4)cc13)-c1cc3c(c(=O)n1C2)COC(=O)[C@]3(O)CC.CNN.NC(=O)NO.NC(N)=O. The van der Waals surface area contributed by atoms with Crippen LogP contribution in [0.1, 0.15) is 110 Å². The van der Waals surface area contributed by atoms with Crippen LogP contribution in [0.5, 0.6) is 11.5 Å². The minimum atomic E-state index is -1.86. The summed E-state index contributed by atoms with van der Waals surface area (Å²) in [6.07, 6.45) is 6.37. The molecule has 27 heteroatoms. The number of nitrogens with one attached hydrogen (secondary N) is 2. The zero-order valence-electron chi connectivity index (χ0n) is 49.0. The number of primary amides is 3. The summed E-state index contributed by atoms with van der Waals surface area (Å²) in [7, 11) is 5.51. The molecule has 2 fully saturated rings. The van der Waals surface area contributed by atoms with Crippen LogP contribution in [0.2, 0.25) is 0 Å². The van der Waals surface area contributed by atoms with Gasteiger partial charge in [0.25, 0.3) is 11.1 Å². The van der Waals surface area contributed by atoms with Gasteiger partial charge in [0.15, 0.2) is 11.2 Å². The van der Waals surface area contributed by atoms with Crippen LogP contribution in [-0.4, -0.2) is 138 Å². The van der Waals surface area contributed by atoms with E-state index in [1.807, 2.05) is 42.1 Å². The molecule has 10 heterocycles. The van der Waals surface area contributed by atoms with E-state index in [0.717, 1.165) is 51.4 Å². The lowest BCUT2D eigenvalue weighted by Gasteiger charge is -2.39. The monoisotopic (exact) mass is 1190 g/mol. The quantitative estimate of drug-likeness (QED) is 0.0474. The van der Waals surface area contributed by atoms with Gasteiger partial charge in [0.2, 0.25) is 0 Å². The molecule has 12 rings (SSSR count). The van der Waals surface area contributed by atoms with E-state index in [-0.39, 0.29) is 49.0 Å². The number of aromatic hydroxyl groups is 1. The summed E-state index contributed by atoms with van der Waals surface area (Å²) >= 11 is 0. The number of likely N-dealkylation sites (tertiary alicyclic amines) is 2. The van der Waals surface area contributed by atoms with E-state index in [0.29, 0.717) is 101 Å². The number of pyridine rings is 4. The number of ether oxygens (including phenoxy) is 3. The summed E-state index contributed by atoms with van der Waals surface area (Å²) in [5.74, 6) is 3.80. The van der Waals surface area contributed by atoms with Gasteiger partial charge in [-0.2, -0.15) is 0 Å². The second-order valence-corrected chi connectivity index (χ2v) is 21.9. The van der Waals surface area contributed by atoms with E-state index in [1.54, 1.807) is 60.4 Å². The first-order chi connectivity index (χ1) is 41.0. The summed E-state index contributed by atoms with van der Waals surface area (Å²) in [6.45, 7) is 10.1. The fourth-order valence-corrected chi connectivity index (χ4v) is 12.1. The molecule has 2 atom stereocenters. The van der Waals surface area contributed by atoms with Crippen molar-refractivity contribution in [2.24, 2.45) is 23.0 Å². The number of nitrogens with zero attached hydrogens (tertiary/aromatic N) is 7. The number of urea groups is 2. The highest BCUT2D eigenvalue weighted by Gasteiger charge is 2.47. The van der Waals surface area contributed by atoms with E-state index >= 15 is 0 Å². The summed E-state index contributed by atoms with van der Waals surface area (Å²) in [6, 6.07) is 13.0. The first kappa shape index (κ1) is 63.5. The number of rotatable bonds is 7. The first-order valence-corrected chi connectivity index (χ1v) is 28.4. The van der Waals surface area contributed by atoms with Crippen molar-refractivity contribution in [3.05, 3.63) is 114 Å². The molecule has 6 aliphatic rings. The van der Waals surface area contributed by atoms with Gasteiger partial charge in [-0.05, 0) is 133 Å². The average molecular weight is 1190 g/mol. The number of carbonyl (C=O) groups excluding carboxylic acids is 5. The molecule has 0 unspecified atom stereocenters. The van der Waals surface area contributed by atoms with Crippen molar-refractivity contribution in [3.8, 4) is 34.3 Å². The number of hydrazine groups is 1. The highest BCUT2D eigenvalue weighted by atomic mass is 16.6. The summed E-state index contributed by atoms with van der Waals surface area (Å²) in [4.78, 5) is 99.0. The van der Waals surface area contributed by atoms with Gasteiger partial charge < -0.3 is 70.6 Å². The standard InChI is InChI=1S/C33H38N4O6.C23H23N3O5.CH4N2O2.CH4N2O.CH6N2/c1-3-22-23-16-21(43-32(40)36-14-10-20(11-15-36)35-12-6-5-7-13-35)8-9-27(23)34-29-24(22)18-37-28(29)17-26-25(30(37)38)19-42-31(39)33(26,41)4-2;1-4-23(30)16-8-18-20-12(9-26(18)21(28)15(16)11-31-22(23)29)7-13-14(10-25(2)3)19(27)6-5-17(13)24-20;2-1(4)3-5;2-1(3)4;1-3-2/h8-9,16-17,20,41H,3-7,10-15,18-19H2,1-2H3;5-8,27,30H,4,9-11H2,1-3H3;5H,(H3,2,3,4);(H4,2,3,4);3H,2H2,1H3/t33-;23-;;;/m00.../s1. The lowest BCUT2D eigenvalue weighted by atomic mass is 9.86. The van der Waals surface area contributed by atoms with Gasteiger partial charge in [-0.25, -0.2) is 39.4 Å². The Bertz CT molecular complexity index is 3740. The number of aromatic nitrogens is 4. The number of phenols is 1. The number of phenolic OH excluding ortho intramolecular Hbond substituents is 1. The number of benzene rings is 2. The Labute approximate surface area is 494 Å². The molecule has 460 valence electrons. The Hall–Kier alpha value is -8.57. The van der Waals surface area contributed by atoms with Crippen molar-refractivity contribution in [1.29, 1.82) is 0 Å². The molecule has 4 aromatic heterocycles. The molecule has 0 spiro atoms. The van der Waals surface area contributed by atoms with E-state index in [1.165, 1.54) is 37.8 Å². The van der Waals surface area contributed by atoms with Crippen molar-refractivity contribution in [3.63, 3.8) is 0 Å². The molecule has 0 bridgehead atoms. The number of amides is 5. The van der Waals surface area contributed by atoms with Gasteiger partial charge in [0, 0.05) is 64.3 Å². The van der Waals surface area contributed by atoms with Crippen LogP contribution >= 0.6 is 0 Å². The number of hydrogen-bond donors (Lipinski definition) is 10. The van der Waals surface area contributed by atoms with Gasteiger partial charge in [0.1, 0.15) is 24.7 Å². The zero-order chi connectivity index (χ0) is 62.5. The number of piperidine rings is 2. The van der Waals surface area contributed by atoms with Crippen LogP contribution < -0.4 is 49.8 Å². The largest absolute Gasteiger partial charge is 0.508 e. The maximum Gasteiger partial charge on any atom is 0.415 e. The van der Waals surface area contributed by atoms with Gasteiger partial charge >= 0.3 is 30.1 Å². The van der Waals surface area contributed by atoms with Crippen LogP contribution in [0.3, 0.4) is 0 Å². The molecule has 2 saturated heterocycles. The highest BCUT2D eigenvalue weighted by Crippen LogP contribution is 2.43. The van der Waals surface area contributed by atoms with E-state index in [9.17, 15) is 44.1 Å². The lowest BCUT2D eigenvalue weighted by molar-refractivity contribution is -0.172. The molecular formula is C59H75N13O14. The minimum Gasteiger partial charge on any atom is -0.508 e. The van der Waals surface area contributed by atoms with Gasteiger partial charge in [-0.15, -0.1) is 0 Å². The Morgan fingerprint density at radius 1 is 0.733 bits per heavy atom. The van der Waals surface area contributed by atoms with Crippen molar-refractivity contribution in [2.45, 2.75) is 122 Å². The number of fused-ring (bicyclic) bond motifs is 10. The number of esters is 2. The molecule has 27 nitrogen and oxygen atoms in total. The third kappa shape index (κ3) is 12.4. The van der Waals surface area contributed by atoms with Gasteiger partial charge in [-0.3, -0.25) is 26.1 Å². The number of aryl methyl sites for hydroxylation is 1. The molecule has 6 aromatic rings.